The number of nitriles is 1. The first kappa shape index (κ1) is 14.9. The predicted octanol–water partition coefficient (Wildman–Crippen LogP) is 2.94. The maximum Gasteiger partial charge on any atom is 0.0767 e. The van der Waals surface area contributed by atoms with E-state index in [1.54, 1.807) is 0 Å². The van der Waals surface area contributed by atoms with Gasteiger partial charge < -0.3 is 9.80 Å². The summed E-state index contributed by atoms with van der Waals surface area (Å²) in [5, 5.41) is 9.35. The third-order valence-corrected chi connectivity index (χ3v) is 4.15. The molecule has 0 saturated carbocycles. The summed E-state index contributed by atoms with van der Waals surface area (Å²) < 4.78 is 0. The lowest BCUT2D eigenvalue weighted by atomic mass is 9.85. The van der Waals surface area contributed by atoms with E-state index < -0.39 is 5.41 Å². The van der Waals surface area contributed by atoms with Gasteiger partial charge in [-0.3, -0.25) is 0 Å². The summed E-state index contributed by atoms with van der Waals surface area (Å²) in [6, 6.07) is 8.98. The number of benzene rings is 1. The van der Waals surface area contributed by atoms with Crippen LogP contribution in [0.4, 0.5) is 5.69 Å². The van der Waals surface area contributed by atoms with Gasteiger partial charge in [0.2, 0.25) is 0 Å². The number of hydrogen-bond donors (Lipinski definition) is 0. The molecule has 3 heteroatoms. The van der Waals surface area contributed by atoms with Gasteiger partial charge in [0, 0.05) is 25.3 Å². The maximum absolute atomic E-state index is 9.35. The highest BCUT2D eigenvalue weighted by Crippen LogP contribution is 2.28. The van der Waals surface area contributed by atoms with E-state index in [-0.39, 0.29) is 0 Å². The van der Waals surface area contributed by atoms with Gasteiger partial charge in [-0.25, -0.2) is 0 Å². The van der Waals surface area contributed by atoms with Gasteiger partial charge in [-0.2, -0.15) is 5.26 Å². The van der Waals surface area contributed by atoms with E-state index in [2.05, 4.69) is 48.0 Å². The van der Waals surface area contributed by atoms with Crippen LogP contribution in [0.25, 0.3) is 0 Å². The van der Waals surface area contributed by atoms with Crippen molar-refractivity contribution < 1.29 is 0 Å². The van der Waals surface area contributed by atoms with E-state index >= 15 is 0 Å². The smallest absolute Gasteiger partial charge is 0.0767 e. The minimum Gasteiger partial charge on any atom is -0.370 e. The summed E-state index contributed by atoms with van der Waals surface area (Å²) >= 11 is 0. The molecule has 0 amide bonds. The van der Waals surface area contributed by atoms with Gasteiger partial charge in [0.1, 0.15) is 0 Å². The van der Waals surface area contributed by atoms with E-state index in [1.165, 1.54) is 24.2 Å². The molecular formula is C17H25N3. The number of anilines is 1. The zero-order chi connectivity index (χ0) is 14.8. The molecule has 0 N–H and O–H groups in total. The quantitative estimate of drug-likeness (QED) is 0.828. The van der Waals surface area contributed by atoms with Crippen LogP contribution < -0.4 is 4.90 Å². The lowest BCUT2D eigenvalue weighted by Gasteiger charge is -2.26. The van der Waals surface area contributed by atoms with Crippen molar-refractivity contribution in [3.8, 4) is 6.07 Å². The number of nitrogens with zero attached hydrogens (tertiary/aromatic N) is 3. The van der Waals surface area contributed by atoms with Crippen LogP contribution in [0.5, 0.6) is 0 Å². The third-order valence-electron chi connectivity index (χ3n) is 4.15. The number of rotatable bonds is 2. The molecule has 1 saturated heterocycles. The molecule has 0 unspecified atom stereocenters. The molecule has 1 aliphatic heterocycles. The van der Waals surface area contributed by atoms with E-state index in [0.717, 1.165) is 25.2 Å². The third kappa shape index (κ3) is 3.32. The first-order chi connectivity index (χ1) is 9.42. The first-order valence-corrected chi connectivity index (χ1v) is 7.39. The van der Waals surface area contributed by atoms with Crippen LogP contribution in [0.1, 0.15) is 31.4 Å². The Labute approximate surface area is 122 Å². The second kappa shape index (κ2) is 5.85. The van der Waals surface area contributed by atoms with Crippen LogP contribution >= 0.6 is 0 Å². The Balaban J connectivity index is 2.30. The van der Waals surface area contributed by atoms with Crippen LogP contribution in [0.15, 0.2) is 18.2 Å². The molecule has 0 bridgehead atoms. The van der Waals surface area contributed by atoms with Gasteiger partial charge in [0.25, 0.3) is 0 Å². The second-order valence-electron chi connectivity index (χ2n) is 6.44. The van der Waals surface area contributed by atoms with Crippen molar-refractivity contribution >= 4 is 5.69 Å². The van der Waals surface area contributed by atoms with Crippen LogP contribution in [0.2, 0.25) is 0 Å². The molecule has 1 aromatic carbocycles. The Morgan fingerprint density at radius 1 is 1.10 bits per heavy atom. The molecule has 108 valence electrons. The first-order valence-electron chi connectivity index (χ1n) is 7.39. The molecule has 0 atom stereocenters. The zero-order valence-electron chi connectivity index (χ0n) is 13.1. The standard InChI is InChI=1S/C17H25N3/c1-14-10-15(17(2,3)13-18)12-16(11-14)20-7-5-6-19(4)8-9-20/h10-12H,5-9H2,1-4H3. The van der Waals surface area contributed by atoms with Crippen LogP contribution in [0, 0.1) is 18.3 Å². The highest BCUT2D eigenvalue weighted by molar-refractivity contribution is 5.53. The van der Waals surface area contributed by atoms with Crippen molar-refractivity contribution in [2.24, 2.45) is 0 Å². The topological polar surface area (TPSA) is 30.3 Å². The molecule has 1 aliphatic rings. The predicted molar refractivity (Wildman–Crippen MR) is 84.1 cm³/mol. The van der Waals surface area contributed by atoms with Crippen molar-refractivity contribution in [2.75, 3.05) is 38.1 Å². The van der Waals surface area contributed by atoms with Crippen molar-refractivity contribution in [1.29, 1.82) is 5.26 Å². The van der Waals surface area contributed by atoms with Gasteiger partial charge in [-0.15, -0.1) is 0 Å². The largest absolute Gasteiger partial charge is 0.370 e. The monoisotopic (exact) mass is 271 g/mol. The van der Waals surface area contributed by atoms with Crippen LogP contribution in [-0.2, 0) is 5.41 Å². The molecule has 0 spiro atoms. The summed E-state index contributed by atoms with van der Waals surface area (Å²) in [7, 11) is 2.18. The van der Waals surface area contributed by atoms with Crippen molar-refractivity contribution in [2.45, 2.75) is 32.6 Å². The van der Waals surface area contributed by atoms with Crippen molar-refractivity contribution in [1.82, 2.24) is 4.90 Å². The SMILES string of the molecule is Cc1cc(N2CCCN(C)CC2)cc(C(C)(C)C#N)c1. The van der Waals surface area contributed by atoms with E-state index in [0.29, 0.717) is 0 Å². The highest BCUT2D eigenvalue weighted by Gasteiger charge is 2.22. The van der Waals surface area contributed by atoms with Gasteiger partial charge in [-0.05, 0) is 64.0 Å². The number of hydrogen-bond acceptors (Lipinski definition) is 3. The average Bonchev–Trinajstić information content (AvgIpc) is 2.63. The van der Waals surface area contributed by atoms with Gasteiger partial charge in [0.05, 0.1) is 11.5 Å². The number of aryl methyl sites for hydroxylation is 1. The highest BCUT2D eigenvalue weighted by atomic mass is 15.2. The molecule has 3 nitrogen and oxygen atoms in total. The van der Waals surface area contributed by atoms with E-state index in [4.69, 9.17) is 0 Å². The minimum atomic E-state index is -0.427. The minimum absolute atomic E-state index is 0.427. The number of likely N-dealkylation sites (N-methyl/N-ethyl adjacent to an activating group) is 1. The molecule has 0 aliphatic carbocycles. The Bertz CT molecular complexity index is 513. The lowest BCUT2D eigenvalue weighted by molar-refractivity contribution is 0.360. The molecule has 1 heterocycles. The fraction of sp³-hybridized carbons (Fsp3) is 0.588. The van der Waals surface area contributed by atoms with Crippen LogP contribution in [0.3, 0.4) is 0 Å². The average molecular weight is 271 g/mol. The molecular weight excluding hydrogens is 246 g/mol. The van der Waals surface area contributed by atoms with Gasteiger partial charge >= 0.3 is 0 Å². The molecule has 20 heavy (non-hydrogen) atoms. The Morgan fingerprint density at radius 3 is 2.55 bits per heavy atom. The van der Waals surface area contributed by atoms with E-state index in [9.17, 15) is 5.26 Å². The van der Waals surface area contributed by atoms with Gasteiger partial charge in [0.15, 0.2) is 0 Å². The van der Waals surface area contributed by atoms with Gasteiger partial charge in [-0.1, -0.05) is 6.07 Å². The Morgan fingerprint density at radius 2 is 1.85 bits per heavy atom. The maximum atomic E-state index is 9.35. The molecule has 1 fully saturated rings. The zero-order valence-corrected chi connectivity index (χ0v) is 13.1. The summed E-state index contributed by atoms with van der Waals surface area (Å²) in [4.78, 5) is 4.84. The Hall–Kier alpha value is -1.53. The molecule has 1 aromatic rings. The second-order valence-corrected chi connectivity index (χ2v) is 6.44. The fourth-order valence-electron chi connectivity index (χ4n) is 2.68. The normalized spacial score (nSPS) is 17.6. The van der Waals surface area contributed by atoms with Crippen molar-refractivity contribution in [3.05, 3.63) is 29.3 Å². The summed E-state index contributed by atoms with van der Waals surface area (Å²) in [6.07, 6.45) is 1.20. The molecule has 2 rings (SSSR count). The molecule has 0 radical (unpaired) electrons. The van der Waals surface area contributed by atoms with Crippen molar-refractivity contribution in [3.63, 3.8) is 0 Å². The molecule has 0 aromatic heterocycles. The Kier molecular flexibility index (Phi) is 4.35. The fourth-order valence-corrected chi connectivity index (χ4v) is 2.68. The summed E-state index contributed by atoms with van der Waals surface area (Å²) in [5.74, 6) is 0. The summed E-state index contributed by atoms with van der Waals surface area (Å²) in [6.45, 7) is 10.5. The van der Waals surface area contributed by atoms with E-state index in [1.807, 2.05) is 13.8 Å². The van der Waals surface area contributed by atoms with Crippen LogP contribution in [-0.4, -0.2) is 38.1 Å². The lowest BCUT2D eigenvalue weighted by Crippen LogP contribution is -2.29. The summed E-state index contributed by atoms with van der Waals surface area (Å²) in [5.41, 5.74) is 3.19.